The molecule has 0 spiro atoms. The summed E-state index contributed by atoms with van der Waals surface area (Å²) in [5, 5.41) is 0. The molecule has 0 amide bonds. The highest BCUT2D eigenvalue weighted by Crippen LogP contribution is 2.33. The second-order valence-corrected chi connectivity index (χ2v) is 6.03. The molecule has 0 saturated heterocycles. The van der Waals surface area contributed by atoms with Crippen molar-refractivity contribution >= 4 is 11.1 Å². The number of benzene rings is 2. The van der Waals surface area contributed by atoms with Crippen LogP contribution in [0.4, 0.5) is 0 Å². The second kappa shape index (κ2) is 6.19. The van der Waals surface area contributed by atoms with Crippen molar-refractivity contribution in [2.75, 3.05) is 0 Å². The minimum atomic E-state index is 0.407. The first kappa shape index (κ1) is 14.6. The summed E-state index contributed by atoms with van der Waals surface area (Å²) in [7, 11) is 0. The van der Waals surface area contributed by atoms with E-state index in [1.54, 1.807) is 0 Å². The van der Waals surface area contributed by atoms with Crippen LogP contribution in [0.15, 0.2) is 72.8 Å². The lowest BCUT2D eigenvalue weighted by Gasteiger charge is -2.16. The molecule has 110 valence electrons. The van der Waals surface area contributed by atoms with Crippen LogP contribution in [0.25, 0.3) is 11.1 Å². The van der Waals surface area contributed by atoms with Gasteiger partial charge in [0.15, 0.2) is 0 Å². The number of hydrogen-bond acceptors (Lipinski definition) is 0. The quantitative estimate of drug-likeness (QED) is 0.600. The Kier molecular flexibility index (Phi) is 4.11. The third-order valence-electron chi connectivity index (χ3n) is 4.27. The van der Waals surface area contributed by atoms with Crippen LogP contribution in [0, 0.1) is 12.8 Å². The predicted molar refractivity (Wildman–Crippen MR) is 96.7 cm³/mol. The maximum Gasteiger partial charge on any atom is -0.00693 e. The molecule has 1 atom stereocenters. The van der Waals surface area contributed by atoms with E-state index < -0.39 is 0 Å². The zero-order chi connectivity index (χ0) is 15.5. The van der Waals surface area contributed by atoms with Gasteiger partial charge >= 0.3 is 0 Å². The Morgan fingerprint density at radius 1 is 0.773 bits per heavy atom. The molecule has 0 radical (unpaired) electrons. The Labute approximate surface area is 133 Å². The van der Waals surface area contributed by atoms with E-state index >= 15 is 0 Å². The lowest BCUT2D eigenvalue weighted by molar-refractivity contribution is 0.942. The smallest absolute Gasteiger partial charge is 0.00693 e. The normalized spacial score (nSPS) is 23.9. The largest absolute Gasteiger partial charge is 0.0779 e. The Hall–Kier alpha value is -2.34. The maximum absolute atomic E-state index is 2.38. The minimum Gasteiger partial charge on any atom is -0.0779 e. The molecule has 0 fully saturated rings. The number of allylic oxidation sites excluding steroid dienone is 5. The average Bonchev–Trinajstić information content (AvgIpc) is 2.58. The van der Waals surface area contributed by atoms with E-state index in [-0.39, 0.29) is 0 Å². The predicted octanol–water partition coefficient (Wildman–Crippen LogP) is 6.04. The molecule has 1 aliphatic rings. The van der Waals surface area contributed by atoms with Gasteiger partial charge in [-0.15, -0.1) is 0 Å². The fraction of sp³-hybridized carbons (Fsp3) is 0.182. The van der Waals surface area contributed by atoms with Crippen molar-refractivity contribution in [3.05, 3.63) is 95.1 Å². The van der Waals surface area contributed by atoms with Gasteiger partial charge in [-0.2, -0.15) is 0 Å². The summed E-state index contributed by atoms with van der Waals surface area (Å²) in [6.07, 6.45) is 9.02. The van der Waals surface area contributed by atoms with Gasteiger partial charge < -0.3 is 0 Å². The molecule has 2 aromatic carbocycles. The van der Waals surface area contributed by atoms with Crippen molar-refractivity contribution < 1.29 is 0 Å². The molecule has 0 aliphatic heterocycles. The fourth-order valence-corrected chi connectivity index (χ4v) is 3.04. The number of aryl methyl sites for hydroxylation is 1. The fourth-order valence-electron chi connectivity index (χ4n) is 3.04. The average molecular weight is 286 g/mol. The summed E-state index contributed by atoms with van der Waals surface area (Å²) < 4.78 is 0. The van der Waals surface area contributed by atoms with Gasteiger partial charge in [0.2, 0.25) is 0 Å². The second-order valence-electron chi connectivity index (χ2n) is 6.03. The molecule has 0 heterocycles. The number of rotatable bonds is 1. The topological polar surface area (TPSA) is 0 Å². The van der Waals surface area contributed by atoms with Crippen molar-refractivity contribution in [1.82, 2.24) is 0 Å². The summed E-state index contributed by atoms with van der Waals surface area (Å²) in [6, 6.07) is 17.4. The zero-order valence-electron chi connectivity index (χ0n) is 13.5. The van der Waals surface area contributed by atoms with Crippen LogP contribution >= 0.6 is 0 Å². The van der Waals surface area contributed by atoms with Crippen LogP contribution in [0.2, 0.25) is 0 Å². The Bertz CT molecular complexity index is 772. The monoisotopic (exact) mass is 286 g/mol. The van der Waals surface area contributed by atoms with Crippen LogP contribution in [0.5, 0.6) is 0 Å². The van der Waals surface area contributed by atoms with E-state index in [1.807, 2.05) is 0 Å². The van der Waals surface area contributed by atoms with Crippen molar-refractivity contribution in [1.29, 1.82) is 0 Å². The number of fused-ring (bicyclic) bond motifs is 1. The SMILES string of the molecule is C/C1=C\C=C/C(C)/C=C(\c2ccccc2C)c2ccccc21. The highest BCUT2D eigenvalue weighted by Gasteiger charge is 2.14. The standard InChI is InChI=1S/C22H22/c1-16-9-8-11-18(3)19-12-6-7-14-21(19)22(15-16)20-13-5-4-10-17(20)2/h4-16H,1-3H3/b9-8-,18-11+,22-15+. The highest BCUT2D eigenvalue weighted by molar-refractivity contribution is 5.88. The minimum absolute atomic E-state index is 0.407. The Balaban J connectivity index is 2.30. The van der Waals surface area contributed by atoms with Crippen LogP contribution in [0.1, 0.15) is 36.1 Å². The molecule has 0 bridgehead atoms. The van der Waals surface area contributed by atoms with Gasteiger partial charge in [0.05, 0.1) is 0 Å². The first-order chi connectivity index (χ1) is 10.7. The van der Waals surface area contributed by atoms with Crippen molar-refractivity contribution in [2.45, 2.75) is 20.8 Å². The number of hydrogen-bond donors (Lipinski definition) is 0. The summed E-state index contributed by atoms with van der Waals surface area (Å²) in [5.74, 6) is 0.407. The van der Waals surface area contributed by atoms with Gasteiger partial charge in [-0.05, 0) is 53.2 Å². The van der Waals surface area contributed by atoms with Gasteiger partial charge in [-0.25, -0.2) is 0 Å². The van der Waals surface area contributed by atoms with Crippen LogP contribution in [-0.4, -0.2) is 0 Å². The van der Waals surface area contributed by atoms with Crippen molar-refractivity contribution in [3.63, 3.8) is 0 Å². The van der Waals surface area contributed by atoms with Gasteiger partial charge in [0.1, 0.15) is 0 Å². The lowest BCUT2D eigenvalue weighted by Crippen LogP contribution is -1.97. The van der Waals surface area contributed by atoms with Gasteiger partial charge in [0.25, 0.3) is 0 Å². The molecule has 0 heteroatoms. The molecular weight excluding hydrogens is 264 g/mol. The van der Waals surface area contributed by atoms with Gasteiger partial charge in [0, 0.05) is 0 Å². The van der Waals surface area contributed by atoms with Crippen LogP contribution < -0.4 is 0 Å². The lowest BCUT2D eigenvalue weighted by atomic mass is 9.88. The molecule has 22 heavy (non-hydrogen) atoms. The molecule has 1 unspecified atom stereocenters. The zero-order valence-corrected chi connectivity index (χ0v) is 13.5. The van der Waals surface area contributed by atoms with E-state index in [2.05, 4.69) is 93.6 Å². The first-order valence-corrected chi connectivity index (χ1v) is 7.89. The highest BCUT2D eigenvalue weighted by atomic mass is 14.2. The Morgan fingerprint density at radius 3 is 2.14 bits per heavy atom. The summed E-state index contributed by atoms with van der Waals surface area (Å²) in [6.45, 7) is 6.62. The summed E-state index contributed by atoms with van der Waals surface area (Å²) >= 11 is 0. The van der Waals surface area contributed by atoms with Gasteiger partial charge in [-0.1, -0.05) is 79.8 Å². The van der Waals surface area contributed by atoms with Gasteiger partial charge in [-0.3, -0.25) is 0 Å². The van der Waals surface area contributed by atoms with E-state index in [0.29, 0.717) is 5.92 Å². The summed E-state index contributed by atoms with van der Waals surface area (Å²) in [4.78, 5) is 0. The molecule has 0 N–H and O–H groups in total. The first-order valence-electron chi connectivity index (χ1n) is 7.89. The third-order valence-corrected chi connectivity index (χ3v) is 4.27. The van der Waals surface area contributed by atoms with Crippen LogP contribution in [0.3, 0.4) is 0 Å². The van der Waals surface area contributed by atoms with Crippen LogP contribution in [-0.2, 0) is 0 Å². The third kappa shape index (κ3) is 2.82. The molecule has 2 aromatic rings. The van der Waals surface area contributed by atoms with E-state index in [4.69, 9.17) is 0 Å². The molecule has 0 aromatic heterocycles. The molecule has 1 aliphatic carbocycles. The molecule has 3 rings (SSSR count). The summed E-state index contributed by atoms with van der Waals surface area (Å²) in [5.41, 5.74) is 7.92. The van der Waals surface area contributed by atoms with Crippen molar-refractivity contribution in [3.8, 4) is 0 Å². The molecule has 0 saturated carbocycles. The van der Waals surface area contributed by atoms with E-state index in [9.17, 15) is 0 Å². The molecule has 0 nitrogen and oxygen atoms in total. The van der Waals surface area contributed by atoms with E-state index in [0.717, 1.165) is 0 Å². The van der Waals surface area contributed by atoms with E-state index in [1.165, 1.54) is 33.4 Å². The Morgan fingerprint density at radius 2 is 1.41 bits per heavy atom. The molecular formula is C22H22. The maximum atomic E-state index is 2.38. The van der Waals surface area contributed by atoms with Crippen molar-refractivity contribution in [2.24, 2.45) is 5.92 Å².